The zero-order valence-electron chi connectivity index (χ0n) is 19.8. The fourth-order valence-corrected chi connectivity index (χ4v) is 4.08. The average molecular weight is 526 g/mol. The van der Waals surface area contributed by atoms with Crippen molar-refractivity contribution in [3.8, 4) is 22.3 Å². The Balaban J connectivity index is 1.50. The predicted octanol–water partition coefficient (Wildman–Crippen LogP) is 6.89. The number of nitrogens with one attached hydrogen (secondary N) is 1. The molecule has 1 amide bonds. The van der Waals surface area contributed by atoms with E-state index < -0.39 is 29.7 Å². The number of benzene rings is 3. The quantitative estimate of drug-likeness (QED) is 0.274. The van der Waals surface area contributed by atoms with Gasteiger partial charge in [0.25, 0.3) is 0 Å². The maximum Gasteiger partial charge on any atom is 0.413 e. The molecular formula is C27H22ClF2N3O4. The lowest BCUT2D eigenvalue weighted by Gasteiger charge is -2.16. The zero-order chi connectivity index (χ0) is 26.7. The molecule has 4 rings (SSSR count). The minimum Gasteiger partial charge on any atom is -0.477 e. The second kappa shape index (κ2) is 10.4. The fourth-order valence-electron chi connectivity index (χ4n) is 3.79. The van der Waals surface area contributed by atoms with Crippen LogP contribution in [0.4, 0.5) is 19.4 Å². The Morgan fingerprint density at radius 3 is 2.16 bits per heavy atom. The highest BCUT2D eigenvalue weighted by Gasteiger charge is 2.40. The first-order valence-electron chi connectivity index (χ1n) is 11.1. The summed E-state index contributed by atoms with van der Waals surface area (Å²) in [5, 5.41) is 16.2. The van der Waals surface area contributed by atoms with E-state index in [2.05, 4.69) is 10.4 Å². The minimum absolute atomic E-state index is 0.421. The topological polar surface area (TPSA) is 93.4 Å². The van der Waals surface area contributed by atoms with Crippen LogP contribution in [0.1, 0.15) is 24.2 Å². The van der Waals surface area contributed by atoms with E-state index >= 15 is 0 Å². The standard InChI is InChI=1S/C27H22ClF2N3O4/c1-16(21-5-3-4-6-23(21)28)37-26(36)32-24-22(15-31-33(24)2)19-9-7-17(8-10-19)18-11-13-20(14-12-18)27(29,30)25(34)35/h3-16H,1-2H3,(H,32,36)(H,34,35)/t16-/m1/s1. The lowest BCUT2D eigenvalue weighted by molar-refractivity contribution is -0.166. The molecule has 0 aliphatic rings. The number of aromatic nitrogens is 2. The number of anilines is 1. The van der Waals surface area contributed by atoms with Gasteiger partial charge in [0.2, 0.25) is 0 Å². The Morgan fingerprint density at radius 1 is 1.00 bits per heavy atom. The first-order chi connectivity index (χ1) is 17.6. The van der Waals surface area contributed by atoms with Gasteiger partial charge < -0.3 is 9.84 Å². The molecule has 0 spiro atoms. The second-order valence-corrected chi connectivity index (χ2v) is 8.67. The summed E-state index contributed by atoms with van der Waals surface area (Å²) in [6.07, 6.45) is 0.351. The molecule has 10 heteroatoms. The second-order valence-electron chi connectivity index (χ2n) is 8.26. The molecule has 1 aromatic heterocycles. The van der Waals surface area contributed by atoms with E-state index in [0.717, 1.165) is 23.3 Å². The van der Waals surface area contributed by atoms with Crippen LogP contribution in [0, 0.1) is 0 Å². The number of aryl methyl sites for hydroxylation is 1. The monoisotopic (exact) mass is 525 g/mol. The van der Waals surface area contributed by atoms with Gasteiger partial charge in [0.05, 0.1) is 6.20 Å². The number of ether oxygens (including phenoxy) is 1. The summed E-state index contributed by atoms with van der Waals surface area (Å²) in [5.74, 6) is -5.74. The molecule has 4 aromatic rings. The van der Waals surface area contributed by atoms with Crippen LogP contribution in [0.2, 0.25) is 5.02 Å². The lowest BCUT2D eigenvalue weighted by atomic mass is 9.99. The highest BCUT2D eigenvalue weighted by atomic mass is 35.5. The van der Waals surface area contributed by atoms with Gasteiger partial charge in [-0.15, -0.1) is 0 Å². The first kappa shape index (κ1) is 25.8. The fraction of sp³-hybridized carbons (Fsp3) is 0.148. The highest BCUT2D eigenvalue weighted by Crippen LogP contribution is 2.33. The summed E-state index contributed by atoms with van der Waals surface area (Å²) >= 11 is 6.19. The number of carboxylic acid groups (broad SMARTS) is 1. The molecule has 0 fully saturated rings. The number of aliphatic carboxylic acids is 1. The van der Waals surface area contributed by atoms with Gasteiger partial charge in [0, 0.05) is 28.8 Å². The number of amides is 1. The molecule has 3 aromatic carbocycles. The van der Waals surface area contributed by atoms with Crippen LogP contribution in [-0.4, -0.2) is 26.9 Å². The summed E-state index contributed by atoms with van der Waals surface area (Å²) < 4.78 is 34.4. The van der Waals surface area contributed by atoms with Crippen molar-refractivity contribution in [1.82, 2.24) is 9.78 Å². The van der Waals surface area contributed by atoms with Crippen molar-refractivity contribution in [1.29, 1.82) is 0 Å². The Bertz CT molecular complexity index is 1440. The van der Waals surface area contributed by atoms with Crippen LogP contribution in [0.25, 0.3) is 22.3 Å². The van der Waals surface area contributed by atoms with Gasteiger partial charge in [0.1, 0.15) is 11.9 Å². The van der Waals surface area contributed by atoms with Crippen molar-refractivity contribution >= 4 is 29.5 Å². The van der Waals surface area contributed by atoms with Crippen molar-refractivity contribution in [2.45, 2.75) is 19.0 Å². The molecule has 1 heterocycles. The van der Waals surface area contributed by atoms with Crippen molar-refractivity contribution in [3.63, 3.8) is 0 Å². The van der Waals surface area contributed by atoms with Crippen LogP contribution in [0.3, 0.4) is 0 Å². The summed E-state index contributed by atoms with van der Waals surface area (Å²) in [7, 11) is 1.68. The Labute approximate surface area is 216 Å². The van der Waals surface area contributed by atoms with Gasteiger partial charge in [-0.3, -0.25) is 10.00 Å². The van der Waals surface area contributed by atoms with E-state index in [1.165, 1.54) is 16.8 Å². The number of hydrogen-bond acceptors (Lipinski definition) is 4. The number of halogens is 3. The molecule has 0 aliphatic carbocycles. The molecule has 190 valence electrons. The number of alkyl halides is 2. The smallest absolute Gasteiger partial charge is 0.413 e. The molecule has 7 nitrogen and oxygen atoms in total. The van der Waals surface area contributed by atoms with Gasteiger partial charge in [0.15, 0.2) is 0 Å². The Kier molecular flexibility index (Phi) is 7.26. The molecule has 0 aliphatic heterocycles. The third kappa shape index (κ3) is 5.46. The van der Waals surface area contributed by atoms with Gasteiger partial charge in [-0.25, -0.2) is 9.59 Å². The van der Waals surface area contributed by atoms with E-state index in [4.69, 9.17) is 21.4 Å². The van der Waals surface area contributed by atoms with Crippen molar-refractivity contribution in [2.75, 3.05) is 5.32 Å². The molecule has 0 bridgehead atoms. The number of hydrogen-bond donors (Lipinski definition) is 2. The largest absolute Gasteiger partial charge is 0.477 e. The molecule has 0 saturated heterocycles. The van der Waals surface area contributed by atoms with E-state index in [9.17, 15) is 18.4 Å². The van der Waals surface area contributed by atoms with Gasteiger partial charge >= 0.3 is 18.0 Å². The molecule has 2 N–H and O–H groups in total. The van der Waals surface area contributed by atoms with Crippen molar-refractivity contribution in [2.24, 2.45) is 7.05 Å². The highest BCUT2D eigenvalue weighted by molar-refractivity contribution is 6.31. The maximum atomic E-state index is 13.7. The van der Waals surface area contributed by atoms with Crippen LogP contribution >= 0.6 is 11.6 Å². The molecule has 0 radical (unpaired) electrons. The lowest BCUT2D eigenvalue weighted by Crippen LogP contribution is -2.25. The Morgan fingerprint density at radius 2 is 1.57 bits per heavy atom. The summed E-state index contributed by atoms with van der Waals surface area (Å²) in [5.41, 5.74) is 2.86. The first-order valence-corrected chi connectivity index (χ1v) is 11.5. The van der Waals surface area contributed by atoms with E-state index in [1.807, 2.05) is 6.07 Å². The van der Waals surface area contributed by atoms with Crippen LogP contribution in [0.5, 0.6) is 0 Å². The zero-order valence-corrected chi connectivity index (χ0v) is 20.5. The normalized spacial score (nSPS) is 12.1. The van der Waals surface area contributed by atoms with Crippen LogP contribution in [0.15, 0.2) is 79.0 Å². The number of carboxylic acids is 1. The minimum atomic E-state index is -3.96. The SMILES string of the molecule is C[C@@H](OC(=O)Nc1c(-c2ccc(-c3ccc(C(F)(F)C(=O)O)cc3)cc2)cnn1C)c1ccccc1Cl. The molecule has 1 atom stereocenters. The summed E-state index contributed by atoms with van der Waals surface area (Å²) in [4.78, 5) is 23.4. The van der Waals surface area contributed by atoms with E-state index in [1.54, 1.807) is 62.6 Å². The molecule has 0 unspecified atom stereocenters. The van der Waals surface area contributed by atoms with E-state index in [0.29, 0.717) is 27.5 Å². The summed E-state index contributed by atoms with van der Waals surface area (Å²) in [6, 6.07) is 19.3. The number of carbonyl (C=O) groups excluding carboxylic acids is 1. The molecule has 0 saturated carbocycles. The predicted molar refractivity (Wildman–Crippen MR) is 136 cm³/mol. The van der Waals surface area contributed by atoms with Crippen molar-refractivity contribution in [3.05, 3.63) is 95.1 Å². The maximum absolute atomic E-state index is 13.7. The Hall–Kier alpha value is -4.24. The average Bonchev–Trinajstić information content (AvgIpc) is 3.24. The van der Waals surface area contributed by atoms with Crippen LogP contribution < -0.4 is 5.32 Å². The van der Waals surface area contributed by atoms with Gasteiger partial charge in [-0.1, -0.05) is 78.3 Å². The number of carbonyl (C=O) groups is 2. The van der Waals surface area contributed by atoms with Crippen LogP contribution in [-0.2, 0) is 22.5 Å². The third-order valence-corrected chi connectivity index (χ3v) is 6.18. The molecular weight excluding hydrogens is 504 g/mol. The van der Waals surface area contributed by atoms with Crippen molar-refractivity contribution < 1.29 is 28.2 Å². The number of rotatable bonds is 7. The molecule has 37 heavy (non-hydrogen) atoms. The number of nitrogens with zero attached hydrogens (tertiary/aromatic N) is 2. The summed E-state index contributed by atoms with van der Waals surface area (Å²) in [6.45, 7) is 1.72. The van der Waals surface area contributed by atoms with E-state index in [-0.39, 0.29) is 0 Å². The third-order valence-electron chi connectivity index (χ3n) is 5.83. The van der Waals surface area contributed by atoms with Gasteiger partial charge in [-0.2, -0.15) is 13.9 Å². The van der Waals surface area contributed by atoms with Gasteiger partial charge in [-0.05, 0) is 29.7 Å².